The molecule has 0 bridgehead atoms. The highest BCUT2D eigenvalue weighted by atomic mass is 79.9. The summed E-state index contributed by atoms with van der Waals surface area (Å²) in [6, 6.07) is 9.07. The second-order valence-electron chi connectivity index (χ2n) is 5.05. The second kappa shape index (κ2) is 8.72. The number of halogens is 1. The van der Waals surface area contributed by atoms with E-state index < -0.39 is 0 Å². The molecule has 1 rings (SSSR count). The maximum Gasteiger partial charge on any atom is 0.0499 e. The van der Waals surface area contributed by atoms with Crippen LogP contribution in [0.3, 0.4) is 0 Å². The fraction of sp³-hybridized carbons (Fsp3) is 0.625. The fourth-order valence-electron chi connectivity index (χ4n) is 2.50. The topological polar surface area (TPSA) is 29.3 Å². The lowest BCUT2D eigenvalue weighted by molar-refractivity contribution is 0.175. The zero-order chi connectivity index (χ0) is 14.3. The summed E-state index contributed by atoms with van der Waals surface area (Å²) in [6.07, 6.45) is 3.46. The first-order valence-corrected chi connectivity index (χ1v) is 8.18. The van der Waals surface area contributed by atoms with Crippen molar-refractivity contribution in [2.75, 3.05) is 13.1 Å². The molecule has 0 aliphatic heterocycles. The quantitative estimate of drug-likeness (QED) is 0.769. The van der Waals surface area contributed by atoms with E-state index in [-0.39, 0.29) is 6.04 Å². The molecule has 19 heavy (non-hydrogen) atoms. The van der Waals surface area contributed by atoms with E-state index in [0.717, 1.165) is 24.0 Å². The molecule has 0 saturated heterocycles. The van der Waals surface area contributed by atoms with Gasteiger partial charge < -0.3 is 5.73 Å². The standard InChI is InChI=1S/C16H27BrN2/c1-4-7-11-19(6-3)16(15(18)5-2)13-9-8-10-14(17)12-13/h8-10,12,15-16H,4-7,11,18H2,1-3H3. The Hall–Kier alpha value is -0.380. The number of hydrogen-bond acceptors (Lipinski definition) is 2. The Morgan fingerprint density at radius 1 is 1.26 bits per heavy atom. The van der Waals surface area contributed by atoms with Crippen LogP contribution >= 0.6 is 15.9 Å². The molecule has 0 heterocycles. The van der Waals surface area contributed by atoms with Crippen molar-refractivity contribution in [1.82, 2.24) is 4.90 Å². The lowest BCUT2D eigenvalue weighted by Crippen LogP contribution is -2.41. The van der Waals surface area contributed by atoms with Crippen LogP contribution in [-0.4, -0.2) is 24.0 Å². The highest BCUT2D eigenvalue weighted by Crippen LogP contribution is 2.27. The minimum atomic E-state index is 0.186. The van der Waals surface area contributed by atoms with Gasteiger partial charge in [0, 0.05) is 16.6 Å². The van der Waals surface area contributed by atoms with Crippen LogP contribution in [0.25, 0.3) is 0 Å². The number of nitrogens with zero attached hydrogens (tertiary/aromatic N) is 1. The molecule has 0 aliphatic carbocycles. The monoisotopic (exact) mass is 326 g/mol. The third kappa shape index (κ3) is 4.90. The molecule has 2 unspecified atom stereocenters. The Kier molecular flexibility index (Phi) is 7.66. The van der Waals surface area contributed by atoms with Crippen molar-refractivity contribution in [3.05, 3.63) is 34.3 Å². The molecule has 1 aromatic carbocycles. The minimum absolute atomic E-state index is 0.186. The molecular formula is C16H27BrN2. The number of rotatable bonds is 8. The van der Waals surface area contributed by atoms with Gasteiger partial charge in [-0.05, 0) is 43.6 Å². The smallest absolute Gasteiger partial charge is 0.0499 e. The van der Waals surface area contributed by atoms with E-state index in [2.05, 4.69) is 65.9 Å². The van der Waals surface area contributed by atoms with Crippen molar-refractivity contribution in [1.29, 1.82) is 0 Å². The van der Waals surface area contributed by atoms with Crippen LogP contribution in [0, 0.1) is 0 Å². The molecular weight excluding hydrogens is 300 g/mol. The lowest BCUT2D eigenvalue weighted by Gasteiger charge is -2.35. The van der Waals surface area contributed by atoms with Gasteiger partial charge >= 0.3 is 0 Å². The fourth-order valence-corrected chi connectivity index (χ4v) is 2.91. The van der Waals surface area contributed by atoms with Gasteiger partial charge in [-0.3, -0.25) is 4.90 Å². The van der Waals surface area contributed by atoms with Crippen LogP contribution in [0.4, 0.5) is 0 Å². The van der Waals surface area contributed by atoms with Gasteiger partial charge in [0.15, 0.2) is 0 Å². The molecule has 0 radical (unpaired) electrons. The van der Waals surface area contributed by atoms with Crippen LogP contribution in [0.2, 0.25) is 0 Å². The highest BCUT2D eigenvalue weighted by Gasteiger charge is 2.24. The Labute approximate surface area is 126 Å². The van der Waals surface area contributed by atoms with Crippen LogP contribution < -0.4 is 5.73 Å². The maximum atomic E-state index is 6.39. The van der Waals surface area contributed by atoms with Crippen LogP contribution in [-0.2, 0) is 0 Å². The summed E-state index contributed by atoms with van der Waals surface area (Å²) in [5.74, 6) is 0. The van der Waals surface area contributed by atoms with E-state index in [1.807, 2.05) is 0 Å². The number of hydrogen-bond donors (Lipinski definition) is 1. The first kappa shape index (κ1) is 16.7. The predicted molar refractivity (Wildman–Crippen MR) is 87.3 cm³/mol. The average Bonchev–Trinajstić information content (AvgIpc) is 2.42. The van der Waals surface area contributed by atoms with Crippen LogP contribution in [0.15, 0.2) is 28.7 Å². The third-order valence-corrected chi connectivity index (χ3v) is 4.16. The highest BCUT2D eigenvalue weighted by molar-refractivity contribution is 9.10. The molecule has 0 aromatic heterocycles. The summed E-state index contributed by atoms with van der Waals surface area (Å²) in [6.45, 7) is 8.80. The molecule has 1 aromatic rings. The van der Waals surface area contributed by atoms with Crippen molar-refractivity contribution in [3.63, 3.8) is 0 Å². The lowest BCUT2D eigenvalue weighted by atomic mass is 9.96. The van der Waals surface area contributed by atoms with Crippen LogP contribution in [0.5, 0.6) is 0 Å². The Morgan fingerprint density at radius 2 is 2.00 bits per heavy atom. The van der Waals surface area contributed by atoms with E-state index in [1.165, 1.54) is 18.4 Å². The molecule has 0 aliphatic rings. The Bertz CT molecular complexity index is 368. The SMILES string of the molecule is CCCCN(CC)C(c1cccc(Br)c1)C(N)CC. The van der Waals surface area contributed by atoms with Gasteiger partial charge in [-0.15, -0.1) is 0 Å². The van der Waals surface area contributed by atoms with E-state index in [0.29, 0.717) is 6.04 Å². The average molecular weight is 327 g/mol. The van der Waals surface area contributed by atoms with Crippen molar-refractivity contribution >= 4 is 15.9 Å². The van der Waals surface area contributed by atoms with Gasteiger partial charge in [-0.25, -0.2) is 0 Å². The third-order valence-electron chi connectivity index (χ3n) is 3.67. The summed E-state index contributed by atoms with van der Waals surface area (Å²) in [5, 5.41) is 0. The first-order chi connectivity index (χ1) is 9.13. The van der Waals surface area contributed by atoms with Gasteiger partial charge in [0.05, 0.1) is 0 Å². The van der Waals surface area contributed by atoms with Crippen LogP contribution in [0.1, 0.15) is 51.6 Å². The largest absolute Gasteiger partial charge is 0.326 e. The maximum absolute atomic E-state index is 6.39. The molecule has 0 fully saturated rings. The molecule has 3 heteroatoms. The second-order valence-corrected chi connectivity index (χ2v) is 5.97. The first-order valence-electron chi connectivity index (χ1n) is 7.39. The van der Waals surface area contributed by atoms with E-state index in [1.54, 1.807) is 0 Å². The molecule has 0 spiro atoms. The molecule has 2 atom stereocenters. The molecule has 2 nitrogen and oxygen atoms in total. The molecule has 2 N–H and O–H groups in total. The molecule has 0 saturated carbocycles. The minimum Gasteiger partial charge on any atom is -0.326 e. The summed E-state index contributed by atoms with van der Waals surface area (Å²) >= 11 is 3.57. The van der Waals surface area contributed by atoms with Crippen molar-refractivity contribution in [3.8, 4) is 0 Å². The molecule has 108 valence electrons. The predicted octanol–water partition coefficient (Wildman–Crippen LogP) is 4.35. The van der Waals surface area contributed by atoms with E-state index >= 15 is 0 Å². The Morgan fingerprint density at radius 3 is 2.53 bits per heavy atom. The number of unbranched alkanes of at least 4 members (excludes halogenated alkanes) is 1. The van der Waals surface area contributed by atoms with Gasteiger partial charge in [0.1, 0.15) is 0 Å². The van der Waals surface area contributed by atoms with E-state index in [4.69, 9.17) is 5.73 Å². The van der Waals surface area contributed by atoms with Crippen molar-refractivity contribution < 1.29 is 0 Å². The zero-order valence-corrected chi connectivity index (χ0v) is 14.0. The molecule has 0 amide bonds. The van der Waals surface area contributed by atoms with Gasteiger partial charge in [-0.2, -0.15) is 0 Å². The summed E-state index contributed by atoms with van der Waals surface area (Å²) in [5.41, 5.74) is 7.71. The zero-order valence-electron chi connectivity index (χ0n) is 12.4. The number of benzene rings is 1. The van der Waals surface area contributed by atoms with E-state index in [9.17, 15) is 0 Å². The van der Waals surface area contributed by atoms with Crippen molar-refractivity contribution in [2.45, 2.75) is 52.1 Å². The van der Waals surface area contributed by atoms with Crippen molar-refractivity contribution in [2.24, 2.45) is 5.73 Å². The van der Waals surface area contributed by atoms with Gasteiger partial charge in [-0.1, -0.05) is 55.3 Å². The number of nitrogens with two attached hydrogens (primary N) is 1. The number of likely N-dealkylation sites (N-methyl/N-ethyl adjacent to an activating group) is 1. The summed E-state index contributed by atoms with van der Waals surface area (Å²) in [4.78, 5) is 2.51. The summed E-state index contributed by atoms with van der Waals surface area (Å²) < 4.78 is 1.13. The van der Waals surface area contributed by atoms with Gasteiger partial charge in [0.25, 0.3) is 0 Å². The summed E-state index contributed by atoms with van der Waals surface area (Å²) in [7, 11) is 0. The van der Waals surface area contributed by atoms with Gasteiger partial charge in [0.2, 0.25) is 0 Å². The Balaban J connectivity index is 2.98. The normalized spacial score (nSPS) is 14.6.